The summed E-state index contributed by atoms with van der Waals surface area (Å²) >= 11 is 0. The fraction of sp³-hybridized carbons (Fsp3) is 0.348. The number of aromatic nitrogens is 3. The quantitative estimate of drug-likeness (QED) is 0.405. The monoisotopic (exact) mass is 449 g/mol. The van der Waals surface area contributed by atoms with E-state index in [0.29, 0.717) is 54.5 Å². The minimum absolute atomic E-state index is 0.0358. The fourth-order valence-electron chi connectivity index (χ4n) is 3.92. The highest BCUT2D eigenvalue weighted by molar-refractivity contribution is 6.00. The van der Waals surface area contributed by atoms with Crippen molar-refractivity contribution < 1.29 is 14.4 Å². The summed E-state index contributed by atoms with van der Waals surface area (Å²) in [5.74, 6) is 0.757. The molecule has 0 saturated carbocycles. The number of carbonyl (C=O) groups excluding carboxylic acids is 3. The number of anilines is 1. The van der Waals surface area contributed by atoms with Gasteiger partial charge in [0.1, 0.15) is 17.2 Å². The van der Waals surface area contributed by atoms with Gasteiger partial charge < -0.3 is 25.8 Å². The van der Waals surface area contributed by atoms with Crippen LogP contribution in [0.4, 0.5) is 5.82 Å². The van der Waals surface area contributed by atoms with Gasteiger partial charge in [0.15, 0.2) is 5.82 Å². The first-order valence-electron chi connectivity index (χ1n) is 10.9. The fourth-order valence-corrected chi connectivity index (χ4v) is 3.92. The topological polar surface area (TPSA) is 132 Å². The van der Waals surface area contributed by atoms with E-state index >= 15 is 0 Å². The van der Waals surface area contributed by atoms with Crippen molar-refractivity contribution in [1.82, 2.24) is 30.5 Å². The van der Waals surface area contributed by atoms with Crippen molar-refractivity contribution in [2.75, 3.05) is 31.5 Å². The zero-order chi connectivity index (χ0) is 23.4. The second-order valence-electron chi connectivity index (χ2n) is 8.05. The SMILES string of the molecule is CC(=O)NCCNc1nc(-c2ccccc2)nc2[nH]c(C(=O)N3CCC(NC(C)=O)C3)cc12. The van der Waals surface area contributed by atoms with E-state index in [1.807, 2.05) is 30.3 Å². The van der Waals surface area contributed by atoms with Gasteiger partial charge in [0.05, 0.1) is 5.39 Å². The van der Waals surface area contributed by atoms with E-state index in [-0.39, 0.29) is 23.8 Å². The molecule has 1 atom stereocenters. The Morgan fingerprint density at radius 2 is 1.88 bits per heavy atom. The first-order chi connectivity index (χ1) is 15.9. The Morgan fingerprint density at radius 3 is 2.61 bits per heavy atom. The van der Waals surface area contributed by atoms with E-state index < -0.39 is 0 Å². The summed E-state index contributed by atoms with van der Waals surface area (Å²) in [6, 6.07) is 11.3. The van der Waals surface area contributed by atoms with Gasteiger partial charge in [0.2, 0.25) is 11.8 Å². The highest BCUT2D eigenvalue weighted by Crippen LogP contribution is 2.26. The lowest BCUT2D eigenvalue weighted by atomic mass is 10.2. The molecule has 1 aromatic carbocycles. The molecule has 10 heteroatoms. The predicted octanol–water partition coefficient (Wildman–Crippen LogP) is 1.52. The van der Waals surface area contributed by atoms with Crippen molar-refractivity contribution in [3.05, 3.63) is 42.1 Å². The predicted molar refractivity (Wildman–Crippen MR) is 125 cm³/mol. The summed E-state index contributed by atoms with van der Waals surface area (Å²) in [5.41, 5.74) is 1.81. The lowest BCUT2D eigenvalue weighted by Gasteiger charge is -2.15. The molecule has 4 N–H and O–H groups in total. The van der Waals surface area contributed by atoms with Crippen molar-refractivity contribution >= 4 is 34.6 Å². The van der Waals surface area contributed by atoms with Gasteiger partial charge in [-0.3, -0.25) is 14.4 Å². The molecule has 0 radical (unpaired) electrons. The van der Waals surface area contributed by atoms with Crippen LogP contribution in [0, 0.1) is 0 Å². The molecule has 0 aliphatic carbocycles. The number of nitrogens with one attached hydrogen (secondary N) is 4. The maximum atomic E-state index is 13.1. The molecule has 2 aromatic heterocycles. The Labute approximate surface area is 191 Å². The lowest BCUT2D eigenvalue weighted by Crippen LogP contribution is -2.37. The number of benzene rings is 1. The molecule has 4 rings (SSSR count). The second kappa shape index (κ2) is 9.68. The Morgan fingerprint density at radius 1 is 1.09 bits per heavy atom. The lowest BCUT2D eigenvalue weighted by molar-refractivity contribution is -0.120. The van der Waals surface area contributed by atoms with E-state index in [4.69, 9.17) is 0 Å². The van der Waals surface area contributed by atoms with Crippen LogP contribution < -0.4 is 16.0 Å². The molecule has 0 bridgehead atoms. The molecule has 0 spiro atoms. The molecule has 3 amide bonds. The highest BCUT2D eigenvalue weighted by Gasteiger charge is 2.28. The Hall–Kier alpha value is -3.95. The van der Waals surface area contributed by atoms with Crippen LogP contribution in [0.1, 0.15) is 30.8 Å². The Kier molecular flexibility index (Phi) is 6.53. The summed E-state index contributed by atoms with van der Waals surface area (Å²) < 4.78 is 0. The van der Waals surface area contributed by atoms with Crippen molar-refractivity contribution in [1.29, 1.82) is 0 Å². The minimum Gasteiger partial charge on any atom is -0.368 e. The van der Waals surface area contributed by atoms with Gasteiger partial charge in [0, 0.05) is 51.6 Å². The summed E-state index contributed by atoms with van der Waals surface area (Å²) in [6.45, 7) is 4.90. The van der Waals surface area contributed by atoms with Gasteiger partial charge in [-0.2, -0.15) is 0 Å². The standard InChI is InChI=1S/C23H27N7O3/c1-14(31)24-9-10-25-21-18-12-19(23(33)30-11-8-17(13-30)26-15(2)32)27-22(18)29-20(28-21)16-6-4-3-5-7-16/h3-7,12,17H,8-11,13H2,1-2H3,(H,24,31)(H,26,32)(H2,25,27,28,29). The normalized spacial score (nSPS) is 15.5. The molecular formula is C23H27N7O3. The molecule has 1 fully saturated rings. The van der Waals surface area contributed by atoms with E-state index in [0.717, 1.165) is 12.0 Å². The van der Waals surface area contributed by atoms with Gasteiger partial charge in [-0.05, 0) is 12.5 Å². The molecule has 1 aliphatic heterocycles. The zero-order valence-electron chi connectivity index (χ0n) is 18.6. The van der Waals surface area contributed by atoms with E-state index in [1.54, 1.807) is 11.0 Å². The number of nitrogens with zero attached hydrogens (tertiary/aromatic N) is 3. The van der Waals surface area contributed by atoms with Gasteiger partial charge in [-0.15, -0.1) is 0 Å². The summed E-state index contributed by atoms with van der Waals surface area (Å²) in [7, 11) is 0. The molecule has 172 valence electrons. The third kappa shape index (κ3) is 5.28. The van der Waals surface area contributed by atoms with Gasteiger partial charge in [-0.1, -0.05) is 30.3 Å². The maximum absolute atomic E-state index is 13.1. The van der Waals surface area contributed by atoms with Crippen LogP contribution in [0.15, 0.2) is 36.4 Å². The summed E-state index contributed by atoms with van der Waals surface area (Å²) in [5, 5.41) is 9.55. The number of likely N-dealkylation sites (tertiary alicyclic amines) is 1. The number of rotatable bonds is 7. The number of aromatic amines is 1. The van der Waals surface area contributed by atoms with Crippen molar-refractivity contribution in [3.8, 4) is 11.4 Å². The zero-order valence-corrected chi connectivity index (χ0v) is 18.6. The number of hydrogen-bond acceptors (Lipinski definition) is 6. The van der Waals surface area contributed by atoms with Crippen molar-refractivity contribution in [3.63, 3.8) is 0 Å². The van der Waals surface area contributed by atoms with Gasteiger partial charge in [-0.25, -0.2) is 9.97 Å². The average Bonchev–Trinajstić information content (AvgIpc) is 3.43. The number of amides is 3. The van der Waals surface area contributed by atoms with Crippen LogP contribution in [0.5, 0.6) is 0 Å². The van der Waals surface area contributed by atoms with Crippen LogP contribution in [0.25, 0.3) is 22.4 Å². The highest BCUT2D eigenvalue weighted by atomic mass is 16.2. The van der Waals surface area contributed by atoms with Crippen LogP contribution in [-0.2, 0) is 9.59 Å². The molecule has 33 heavy (non-hydrogen) atoms. The van der Waals surface area contributed by atoms with E-state index in [2.05, 4.69) is 30.9 Å². The van der Waals surface area contributed by atoms with E-state index in [1.165, 1.54) is 13.8 Å². The van der Waals surface area contributed by atoms with Crippen molar-refractivity contribution in [2.45, 2.75) is 26.3 Å². The largest absolute Gasteiger partial charge is 0.368 e. The minimum atomic E-state index is -0.147. The number of hydrogen-bond donors (Lipinski definition) is 4. The first-order valence-corrected chi connectivity index (χ1v) is 10.9. The first kappa shape index (κ1) is 22.3. The second-order valence-corrected chi connectivity index (χ2v) is 8.05. The van der Waals surface area contributed by atoms with E-state index in [9.17, 15) is 14.4 Å². The molecule has 3 aromatic rings. The molecule has 3 heterocycles. The Bertz CT molecular complexity index is 1180. The maximum Gasteiger partial charge on any atom is 0.270 e. The number of carbonyl (C=O) groups is 3. The third-order valence-corrected chi connectivity index (χ3v) is 5.42. The molecule has 1 saturated heterocycles. The molecular weight excluding hydrogens is 422 g/mol. The third-order valence-electron chi connectivity index (χ3n) is 5.42. The molecule has 10 nitrogen and oxygen atoms in total. The van der Waals surface area contributed by atoms with Crippen LogP contribution in [0.3, 0.4) is 0 Å². The van der Waals surface area contributed by atoms with Crippen LogP contribution >= 0.6 is 0 Å². The Balaban J connectivity index is 1.61. The van der Waals surface area contributed by atoms with Crippen LogP contribution in [0.2, 0.25) is 0 Å². The smallest absolute Gasteiger partial charge is 0.270 e. The summed E-state index contributed by atoms with van der Waals surface area (Å²) in [6.07, 6.45) is 0.722. The average molecular weight is 450 g/mol. The summed E-state index contributed by atoms with van der Waals surface area (Å²) in [4.78, 5) is 49.8. The molecule has 1 aliphatic rings. The van der Waals surface area contributed by atoms with Crippen molar-refractivity contribution in [2.24, 2.45) is 0 Å². The van der Waals surface area contributed by atoms with Gasteiger partial charge in [0.25, 0.3) is 5.91 Å². The van der Waals surface area contributed by atoms with Crippen LogP contribution in [-0.4, -0.2) is 69.8 Å². The number of fused-ring (bicyclic) bond motifs is 1. The molecule has 1 unspecified atom stereocenters. The van der Waals surface area contributed by atoms with Gasteiger partial charge >= 0.3 is 0 Å². The number of H-pyrrole nitrogens is 1.